The Morgan fingerprint density at radius 3 is 2.62 bits per heavy atom. The van der Waals surface area contributed by atoms with E-state index in [1.807, 2.05) is 6.07 Å². The summed E-state index contributed by atoms with van der Waals surface area (Å²) >= 11 is 0. The molecule has 0 radical (unpaired) electrons. The first kappa shape index (κ1) is 15.4. The number of hydrogen-bond donors (Lipinski definition) is 1. The van der Waals surface area contributed by atoms with Crippen molar-refractivity contribution in [3.63, 3.8) is 0 Å². The van der Waals surface area contributed by atoms with Gasteiger partial charge >= 0.3 is 6.18 Å². The topological polar surface area (TPSA) is 56.0 Å². The first-order chi connectivity index (χ1) is 11.3. The highest BCUT2D eigenvalue weighted by atomic mass is 19.4. The molecule has 0 spiro atoms. The molecular formula is C18H17F3N2O. The van der Waals surface area contributed by atoms with Crippen molar-refractivity contribution < 1.29 is 18.0 Å². The lowest BCUT2D eigenvalue weighted by Gasteiger charge is -2.33. The van der Waals surface area contributed by atoms with E-state index in [9.17, 15) is 18.0 Å². The lowest BCUT2D eigenvalue weighted by molar-refractivity contribution is -0.204. The second kappa shape index (κ2) is 4.94. The number of nitrogens with two attached hydrogens (primary N) is 1. The highest BCUT2D eigenvalue weighted by molar-refractivity contribution is 5.97. The molecule has 1 aromatic carbocycles. The van der Waals surface area contributed by atoms with Crippen molar-refractivity contribution in [1.29, 1.82) is 0 Å². The average Bonchev–Trinajstić information content (AvgIpc) is 3.33. The molecule has 126 valence electrons. The molecule has 2 N–H and O–H groups in total. The number of hydrogen-bond acceptors (Lipinski definition) is 2. The Morgan fingerprint density at radius 2 is 2.00 bits per heavy atom. The maximum Gasteiger partial charge on any atom is 0.394 e. The van der Waals surface area contributed by atoms with Gasteiger partial charge in [-0.25, -0.2) is 0 Å². The fraction of sp³-hybridized carbons (Fsp3) is 0.444. The number of aryl methyl sites for hydroxylation is 1. The molecule has 0 saturated heterocycles. The highest BCUT2D eigenvalue weighted by Gasteiger charge is 2.66. The monoisotopic (exact) mass is 334 g/mol. The summed E-state index contributed by atoms with van der Waals surface area (Å²) in [6, 6.07) is 6.90. The molecule has 1 saturated carbocycles. The molecule has 2 aromatic rings. The van der Waals surface area contributed by atoms with E-state index in [-0.39, 0.29) is 18.8 Å². The van der Waals surface area contributed by atoms with Crippen molar-refractivity contribution in [3.8, 4) is 0 Å². The molecule has 1 unspecified atom stereocenters. The van der Waals surface area contributed by atoms with Gasteiger partial charge < -0.3 is 5.73 Å². The molecule has 0 aliphatic heterocycles. The smallest absolute Gasteiger partial charge is 0.366 e. The average molecular weight is 334 g/mol. The third-order valence-electron chi connectivity index (χ3n) is 5.60. The molecular weight excluding hydrogens is 317 g/mol. The van der Waals surface area contributed by atoms with Gasteiger partial charge in [0.25, 0.3) is 0 Å². The van der Waals surface area contributed by atoms with Crippen LogP contribution in [0.1, 0.15) is 40.9 Å². The molecule has 4 rings (SSSR count). The lowest BCUT2D eigenvalue weighted by Crippen LogP contribution is -2.35. The predicted octanol–water partition coefficient (Wildman–Crippen LogP) is 3.78. The number of primary amides is 1. The number of pyridine rings is 1. The zero-order valence-corrected chi connectivity index (χ0v) is 13.0. The summed E-state index contributed by atoms with van der Waals surface area (Å²) in [7, 11) is 0. The Balaban J connectivity index is 1.71. The third kappa shape index (κ3) is 2.27. The van der Waals surface area contributed by atoms with Gasteiger partial charge in [0.2, 0.25) is 5.91 Å². The van der Waals surface area contributed by atoms with E-state index in [2.05, 4.69) is 4.98 Å². The van der Waals surface area contributed by atoms with Gasteiger partial charge in [-0.1, -0.05) is 0 Å². The van der Waals surface area contributed by atoms with Crippen LogP contribution in [-0.4, -0.2) is 17.1 Å². The van der Waals surface area contributed by atoms with E-state index < -0.39 is 17.5 Å². The number of halogens is 3. The number of alkyl halides is 3. The molecule has 3 nitrogen and oxygen atoms in total. The number of carbonyl (C=O) groups excluding carboxylic acids is 1. The Kier molecular flexibility index (Phi) is 3.18. The SMILES string of the molecule is NC(=O)c1ccc2nc3c(cc2c1)CC(C1(C(F)(F)F)CC1)CC3. The molecule has 1 amide bonds. The molecule has 1 aromatic heterocycles. The number of amides is 1. The summed E-state index contributed by atoms with van der Waals surface area (Å²) in [5.41, 5.74) is 6.68. The summed E-state index contributed by atoms with van der Waals surface area (Å²) in [5.74, 6) is -0.898. The van der Waals surface area contributed by atoms with Crippen LogP contribution in [0.25, 0.3) is 10.9 Å². The van der Waals surface area contributed by atoms with Gasteiger partial charge in [-0.3, -0.25) is 9.78 Å². The number of aromatic nitrogens is 1. The number of fused-ring (bicyclic) bond motifs is 2. The first-order valence-corrected chi connectivity index (χ1v) is 8.09. The Hall–Kier alpha value is -2.11. The fourth-order valence-corrected chi connectivity index (χ4v) is 4.01. The highest BCUT2D eigenvalue weighted by Crippen LogP contribution is 2.64. The molecule has 1 atom stereocenters. The molecule has 1 heterocycles. The van der Waals surface area contributed by atoms with Crippen molar-refractivity contribution in [1.82, 2.24) is 4.98 Å². The molecule has 24 heavy (non-hydrogen) atoms. The quantitative estimate of drug-likeness (QED) is 0.909. The van der Waals surface area contributed by atoms with Crippen LogP contribution >= 0.6 is 0 Å². The summed E-state index contributed by atoms with van der Waals surface area (Å²) in [6.45, 7) is 0. The number of benzene rings is 1. The second-order valence-electron chi connectivity index (χ2n) is 6.96. The zero-order chi connectivity index (χ0) is 17.1. The van der Waals surface area contributed by atoms with Crippen molar-refractivity contribution in [2.24, 2.45) is 17.1 Å². The Bertz CT molecular complexity index is 840. The maximum absolute atomic E-state index is 13.4. The number of carbonyl (C=O) groups is 1. The molecule has 0 bridgehead atoms. The summed E-state index contributed by atoms with van der Waals surface area (Å²) in [5, 5.41) is 0.752. The summed E-state index contributed by atoms with van der Waals surface area (Å²) in [4.78, 5) is 15.9. The largest absolute Gasteiger partial charge is 0.394 e. The van der Waals surface area contributed by atoms with Gasteiger partial charge in [0.15, 0.2) is 0 Å². The van der Waals surface area contributed by atoms with Gasteiger partial charge in [-0.15, -0.1) is 0 Å². The van der Waals surface area contributed by atoms with Crippen molar-refractivity contribution >= 4 is 16.8 Å². The molecule has 2 aliphatic carbocycles. The van der Waals surface area contributed by atoms with E-state index >= 15 is 0 Å². The van der Waals surface area contributed by atoms with E-state index in [0.29, 0.717) is 24.8 Å². The van der Waals surface area contributed by atoms with Crippen LogP contribution in [0.15, 0.2) is 24.3 Å². The van der Waals surface area contributed by atoms with Crippen molar-refractivity contribution in [3.05, 3.63) is 41.1 Å². The molecule has 6 heteroatoms. The Labute approximate surface area is 137 Å². The second-order valence-corrected chi connectivity index (χ2v) is 6.96. The molecule has 1 fully saturated rings. The minimum absolute atomic E-state index is 0.239. The minimum atomic E-state index is -4.13. The van der Waals surface area contributed by atoms with E-state index in [0.717, 1.165) is 22.2 Å². The van der Waals surface area contributed by atoms with Gasteiger partial charge in [0.1, 0.15) is 0 Å². The number of rotatable bonds is 2. The maximum atomic E-state index is 13.4. The normalized spacial score (nSPS) is 22.2. The van der Waals surface area contributed by atoms with Crippen LogP contribution in [0.5, 0.6) is 0 Å². The summed E-state index contributed by atoms with van der Waals surface area (Å²) < 4.78 is 40.2. The van der Waals surface area contributed by atoms with Crippen LogP contribution < -0.4 is 5.73 Å². The Morgan fingerprint density at radius 1 is 1.25 bits per heavy atom. The third-order valence-corrected chi connectivity index (χ3v) is 5.60. The van der Waals surface area contributed by atoms with Gasteiger partial charge in [-0.2, -0.15) is 13.2 Å². The zero-order valence-electron chi connectivity index (χ0n) is 13.0. The van der Waals surface area contributed by atoms with Crippen molar-refractivity contribution in [2.75, 3.05) is 0 Å². The fourth-order valence-electron chi connectivity index (χ4n) is 4.01. The van der Waals surface area contributed by atoms with Crippen LogP contribution in [-0.2, 0) is 12.8 Å². The van der Waals surface area contributed by atoms with Gasteiger partial charge in [0, 0.05) is 16.6 Å². The standard InChI is InChI=1S/C18H17F3N2O/c19-18(20,21)17(5-6-17)13-2-4-15-12(9-13)8-11-7-10(16(22)24)1-3-14(11)23-15/h1,3,7-8,13H,2,4-6,9H2,(H2,22,24). The van der Waals surface area contributed by atoms with Gasteiger partial charge in [-0.05, 0) is 67.9 Å². The van der Waals surface area contributed by atoms with E-state index in [4.69, 9.17) is 5.73 Å². The van der Waals surface area contributed by atoms with Crippen LogP contribution in [0.4, 0.5) is 13.2 Å². The lowest BCUT2D eigenvalue weighted by atomic mass is 9.76. The van der Waals surface area contributed by atoms with Crippen LogP contribution in [0, 0.1) is 11.3 Å². The minimum Gasteiger partial charge on any atom is -0.366 e. The first-order valence-electron chi connectivity index (χ1n) is 8.09. The molecule has 2 aliphatic rings. The van der Waals surface area contributed by atoms with E-state index in [1.165, 1.54) is 0 Å². The van der Waals surface area contributed by atoms with Crippen LogP contribution in [0.3, 0.4) is 0 Å². The van der Waals surface area contributed by atoms with E-state index in [1.54, 1.807) is 18.2 Å². The predicted molar refractivity (Wildman–Crippen MR) is 83.5 cm³/mol. The van der Waals surface area contributed by atoms with Gasteiger partial charge in [0.05, 0.1) is 10.9 Å². The summed E-state index contributed by atoms with van der Waals surface area (Å²) in [6.07, 6.45) is -2.14. The van der Waals surface area contributed by atoms with Crippen molar-refractivity contribution in [2.45, 2.75) is 38.3 Å². The van der Waals surface area contributed by atoms with Crippen LogP contribution in [0.2, 0.25) is 0 Å². The number of nitrogens with zero attached hydrogens (tertiary/aromatic N) is 1.